The quantitative estimate of drug-likeness (QED) is 0.255. The summed E-state index contributed by atoms with van der Waals surface area (Å²) in [5.41, 5.74) is 1.01. The smallest absolute Gasteiger partial charge is 0.295 e. The minimum absolute atomic E-state index is 0.0203. The Morgan fingerprint density at radius 1 is 1.03 bits per heavy atom. The van der Waals surface area contributed by atoms with Gasteiger partial charge in [0, 0.05) is 24.2 Å². The number of ketones is 1. The Balaban J connectivity index is 2.11. The average molecular weight is 511 g/mol. The topological polar surface area (TPSA) is 88.5 Å². The standard InChI is InChI=1S/C29H38N2O6/c1-7-30(8-2)16-17-31-25(22-10-9-11-23(35-5)28(22)36-6)24(27(33)29(31)34)26(32)20-12-14-21(15-13-20)37-18-19(3)4/h9-15,19,25,32H,7-8,16-18H2,1-6H3/b26-24+. The van der Waals surface area contributed by atoms with Gasteiger partial charge in [-0.25, -0.2) is 0 Å². The molecule has 1 N–H and O–H groups in total. The second-order valence-electron chi connectivity index (χ2n) is 9.33. The van der Waals surface area contributed by atoms with Gasteiger partial charge < -0.3 is 29.1 Å². The zero-order chi connectivity index (χ0) is 27.1. The molecule has 0 saturated carbocycles. The molecule has 37 heavy (non-hydrogen) atoms. The van der Waals surface area contributed by atoms with Gasteiger partial charge in [0.15, 0.2) is 11.5 Å². The largest absolute Gasteiger partial charge is 0.507 e. The van der Waals surface area contributed by atoms with E-state index in [1.165, 1.54) is 19.1 Å². The number of aliphatic hydroxyl groups excluding tert-OH is 1. The summed E-state index contributed by atoms with van der Waals surface area (Å²) in [7, 11) is 3.04. The molecule has 1 amide bonds. The molecule has 0 aliphatic carbocycles. The van der Waals surface area contributed by atoms with Crippen LogP contribution in [0.2, 0.25) is 0 Å². The molecule has 1 aliphatic rings. The molecule has 1 heterocycles. The van der Waals surface area contributed by atoms with E-state index in [1.54, 1.807) is 42.5 Å². The van der Waals surface area contributed by atoms with Gasteiger partial charge in [0.25, 0.3) is 11.7 Å². The minimum atomic E-state index is -0.836. The van der Waals surface area contributed by atoms with Gasteiger partial charge in [0.2, 0.25) is 0 Å². The lowest BCUT2D eigenvalue weighted by molar-refractivity contribution is -0.140. The maximum atomic E-state index is 13.4. The number of nitrogens with zero attached hydrogens (tertiary/aromatic N) is 2. The van der Waals surface area contributed by atoms with Crippen LogP contribution in [0.15, 0.2) is 48.0 Å². The van der Waals surface area contributed by atoms with Crippen molar-refractivity contribution in [2.24, 2.45) is 5.92 Å². The number of carbonyl (C=O) groups is 2. The van der Waals surface area contributed by atoms with Crippen molar-refractivity contribution in [1.82, 2.24) is 9.80 Å². The highest BCUT2D eigenvalue weighted by Crippen LogP contribution is 2.45. The predicted molar refractivity (Wildman–Crippen MR) is 143 cm³/mol. The number of Topliss-reactive ketones (excluding diaryl/α,β-unsaturated/α-hetero) is 1. The van der Waals surface area contributed by atoms with Crippen LogP contribution in [0.4, 0.5) is 0 Å². The molecule has 2 aromatic rings. The van der Waals surface area contributed by atoms with Crippen LogP contribution in [0.3, 0.4) is 0 Å². The SMILES string of the molecule is CCN(CC)CCN1C(=O)C(=O)/C(=C(/O)c2ccc(OCC(C)C)cc2)C1c1cccc(OC)c1OC. The van der Waals surface area contributed by atoms with E-state index in [-0.39, 0.29) is 11.3 Å². The van der Waals surface area contributed by atoms with Crippen molar-refractivity contribution in [3.63, 3.8) is 0 Å². The molecule has 3 rings (SSSR count). The van der Waals surface area contributed by atoms with E-state index in [0.717, 1.165) is 13.1 Å². The van der Waals surface area contributed by atoms with Gasteiger partial charge in [-0.15, -0.1) is 0 Å². The first-order valence-electron chi connectivity index (χ1n) is 12.7. The number of ether oxygens (including phenoxy) is 3. The number of methoxy groups -OCH3 is 2. The first kappa shape index (κ1) is 28.1. The van der Waals surface area contributed by atoms with Crippen molar-refractivity contribution < 1.29 is 28.9 Å². The Morgan fingerprint density at radius 3 is 2.27 bits per heavy atom. The van der Waals surface area contributed by atoms with E-state index in [0.29, 0.717) is 54.0 Å². The Bertz CT molecular complexity index is 1120. The van der Waals surface area contributed by atoms with Crippen molar-refractivity contribution in [2.45, 2.75) is 33.7 Å². The molecule has 1 atom stereocenters. The first-order valence-corrected chi connectivity index (χ1v) is 12.7. The summed E-state index contributed by atoms with van der Waals surface area (Å²) >= 11 is 0. The number of hydrogen-bond donors (Lipinski definition) is 1. The zero-order valence-electron chi connectivity index (χ0n) is 22.6. The van der Waals surface area contributed by atoms with Crippen LogP contribution in [0, 0.1) is 5.92 Å². The second kappa shape index (κ2) is 12.6. The van der Waals surface area contributed by atoms with Gasteiger partial charge in [-0.3, -0.25) is 9.59 Å². The van der Waals surface area contributed by atoms with Crippen molar-refractivity contribution in [3.05, 3.63) is 59.2 Å². The van der Waals surface area contributed by atoms with Gasteiger partial charge >= 0.3 is 0 Å². The minimum Gasteiger partial charge on any atom is -0.507 e. The monoisotopic (exact) mass is 510 g/mol. The summed E-state index contributed by atoms with van der Waals surface area (Å²) in [6, 6.07) is 11.4. The Hall–Kier alpha value is -3.52. The normalized spacial score (nSPS) is 17.1. The summed E-state index contributed by atoms with van der Waals surface area (Å²) in [5, 5.41) is 11.4. The molecule has 8 nitrogen and oxygen atoms in total. The van der Waals surface area contributed by atoms with Crippen molar-refractivity contribution in [1.29, 1.82) is 0 Å². The number of para-hydroxylation sites is 1. The third-order valence-corrected chi connectivity index (χ3v) is 6.53. The van der Waals surface area contributed by atoms with Crippen LogP contribution >= 0.6 is 0 Å². The average Bonchev–Trinajstić information content (AvgIpc) is 3.16. The number of aliphatic hydroxyl groups is 1. The maximum absolute atomic E-state index is 13.4. The van der Waals surface area contributed by atoms with Gasteiger partial charge in [-0.1, -0.05) is 39.8 Å². The number of carbonyl (C=O) groups excluding carboxylic acids is 2. The third-order valence-electron chi connectivity index (χ3n) is 6.53. The van der Waals surface area contributed by atoms with Crippen LogP contribution in [0.25, 0.3) is 5.76 Å². The van der Waals surface area contributed by atoms with Gasteiger partial charge in [-0.05, 0) is 49.3 Å². The molecule has 1 fully saturated rings. The highest BCUT2D eigenvalue weighted by molar-refractivity contribution is 6.46. The lowest BCUT2D eigenvalue weighted by Gasteiger charge is -2.29. The van der Waals surface area contributed by atoms with E-state index >= 15 is 0 Å². The highest BCUT2D eigenvalue weighted by Gasteiger charge is 2.47. The molecular formula is C29H38N2O6. The molecule has 8 heteroatoms. The van der Waals surface area contributed by atoms with Gasteiger partial charge in [-0.2, -0.15) is 0 Å². The number of hydrogen-bond acceptors (Lipinski definition) is 7. The molecule has 1 aliphatic heterocycles. The number of rotatable bonds is 12. The van der Waals surface area contributed by atoms with Crippen molar-refractivity contribution in [2.75, 3.05) is 47.0 Å². The fourth-order valence-corrected chi connectivity index (χ4v) is 4.48. The van der Waals surface area contributed by atoms with Gasteiger partial charge in [0.1, 0.15) is 11.5 Å². The summed E-state index contributed by atoms with van der Waals surface area (Å²) in [6.07, 6.45) is 0. The Kier molecular flexibility index (Phi) is 9.58. The fourth-order valence-electron chi connectivity index (χ4n) is 4.48. The van der Waals surface area contributed by atoms with Gasteiger partial charge in [0.05, 0.1) is 32.4 Å². The van der Waals surface area contributed by atoms with Crippen LogP contribution in [0.1, 0.15) is 44.9 Å². The molecule has 1 unspecified atom stereocenters. The van der Waals surface area contributed by atoms with Crippen LogP contribution in [0.5, 0.6) is 17.2 Å². The molecular weight excluding hydrogens is 472 g/mol. The summed E-state index contributed by atoms with van der Waals surface area (Å²) in [4.78, 5) is 30.4. The molecule has 0 bridgehead atoms. The number of likely N-dealkylation sites (N-methyl/N-ethyl adjacent to an activating group) is 1. The maximum Gasteiger partial charge on any atom is 0.295 e. The molecule has 0 aromatic heterocycles. The first-order chi connectivity index (χ1) is 17.8. The summed E-state index contributed by atoms with van der Waals surface area (Å²) < 4.78 is 16.9. The van der Waals surface area contributed by atoms with E-state index in [1.807, 2.05) is 0 Å². The Morgan fingerprint density at radius 2 is 1.70 bits per heavy atom. The van der Waals surface area contributed by atoms with Crippen molar-refractivity contribution >= 4 is 17.4 Å². The number of benzene rings is 2. The van der Waals surface area contributed by atoms with E-state index in [2.05, 4.69) is 32.6 Å². The lowest BCUT2D eigenvalue weighted by Crippen LogP contribution is -2.38. The fraction of sp³-hybridized carbons (Fsp3) is 0.448. The summed E-state index contributed by atoms with van der Waals surface area (Å²) in [5.74, 6) is 0.296. The predicted octanol–water partition coefficient (Wildman–Crippen LogP) is 4.50. The number of amides is 1. The van der Waals surface area contributed by atoms with Crippen LogP contribution in [-0.2, 0) is 9.59 Å². The van der Waals surface area contributed by atoms with E-state index in [9.17, 15) is 14.7 Å². The third kappa shape index (κ3) is 6.07. The van der Waals surface area contributed by atoms with Crippen molar-refractivity contribution in [3.8, 4) is 17.2 Å². The number of likely N-dealkylation sites (tertiary alicyclic amines) is 1. The Labute approximate surface area is 219 Å². The molecule has 200 valence electrons. The van der Waals surface area contributed by atoms with Crippen LogP contribution < -0.4 is 14.2 Å². The molecule has 2 aromatic carbocycles. The van der Waals surface area contributed by atoms with Crippen LogP contribution in [-0.4, -0.2) is 73.6 Å². The zero-order valence-corrected chi connectivity index (χ0v) is 22.6. The molecule has 1 saturated heterocycles. The highest BCUT2D eigenvalue weighted by atomic mass is 16.5. The summed E-state index contributed by atoms with van der Waals surface area (Å²) in [6.45, 7) is 11.3. The molecule has 0 spiro atoms. The molecule has 0 radical (unpaired) electrons. The second-order valence-corrected chi connectivity index (χ2v) is 9.33. The van der Waals surface area contributed by atoms with E-state index in [4.69, 9.17) is 14.2 Å². The van der Waals surface area contributed by atoms with E-state index < -0.39 is 17.7 Å². The lowest BCUT2D eigenvalue weighted by atomic mass is 9.94.